The summed E-state index contributed by atoms with van der Waals surface area (Å²) in [5.74, 6) is -2.38. The maximum Gasteiger partial charge on any atom is 0.182 e. The summed E-state index contributed by atoms with van der Waals surface area (Å²) in [5, 5.41) is 93.8. The van der Waals surface area contributed by atoms with Gasteiger partial charge in [-0.25, -0.2) is 0 Å². The fourth-order valence-corrected chi connectivity index (χ4v) is 17.6. The van der Waals surface area contributed by atoms with Gasteiger partial charge < -0.3 is 56.8 Å². The summed E-state index contributed by atoms with van der Waals surface area (Å²) in [4.78, 5) is 15.7. The average Bonchev–Trinajstić information content (AvgIpc) is 3.56. The van der Waals surface area contributed by atoms with Gasteiger partial charge in [-0.05, 0) is 155 Å². The Morgan fingerprint density at radius 3 is 2.46 bits per heavy atom. The van der Waals surface area contributed by atoms with Gasteiger partial charge in [0.05, 0.1) is 59.7 Å². The number of carbonyl (C=O) groups excluding carboxylic acids is 1. The Kier molecular flexibility index (Phi) is 11.2. The molecule has 63 heavy (non-hydrogen) atoms. The molecule has 7 fully saturated rings. The number of hydrogen-bond acceptors (Lipinski definition) is 12. The predicted molar refractivity (Wildman–Crippen MR) is 237 cm³/mol. The van der Waals surface area contributed by atoms with Crippen molar-refractivity contribution in [1.29, 1.82) is 0 Å². The second-order valence-corrected chi connectivity index (χ2v) is 23.1. The highest BCUT2D eigenvalue weighted by molar-refractivity contribution is 6.00. The lowest BCUT2D eigenvalue weighted by Gasteiger charge is -2.69. The van der Waals surface area contributed by atoms with Crippen LogP contribution in [0.25, 0.3) is 0 Å². The summed E-state index contributed by atoms with van der Waals surface area (Å²) in [5.41, 5.74) is 1.21. The van der Waals surface area contributed by atoms with Crippen LogP contribution >= 0.6 is 0 Å². The fraction of sp³-hybridized carbons (Fsp3) is 0.824. The molecule has 2 bridgehead atoms. The van der Waals surface area contributed by atoms with E-state index in [1.807, 2.05) is 12.3 Å². The van der Waals surface area contributed by atoms with Gasteiger partial charge in [-0.15, -0.1) is 0 Å². The van der Waals surface area contributed by atoms with Gasteiger partial charge >= 0.3 is 0 Å². The van der Waals surface area contributed by atoms with Crippen molar-refractivity contribution in [3.63, 3.8) is 0 Å². The Morgan fingerprint density at radius 2 is 1.73 bits per heavy atom. The van der Waals surface area contributed by atoms with E-state index in [9.17, 15) is 35.7 Å². The van der Waals surface area contributed by atoms with Crippen LogP contribution in [0.2, 0.25) is 0 Å². The van der Waals surface area contributed by atoms with Crippen LogP contribution in [0.5, 0.6) is 0 Å². The van der Waals surface area contributed by atoms with Crippen molar-refractivity contribution in [3.8, 4) is 0 Å². The van der Waals surface area contributed by atoms with Gasteiger partial charge in [0, 0.05) is 35.9 Å². The normalized spacial score (nSPS) is 52.4. The Balaban J connectivity index is 1.10. The molecule has 10 rings (SSSR count). The minimum absolute atomic E-state index is 0.0843. The monoisotopic (exact) mass is 876 g/mol. The number of Topliss-reactive ketones (excluding diaryl/α,β-unsaturated/α-hetero) is 1. The zero-order valence-corrected chi connectivity index (χ0v) is 38.0. The second-order valence-electron chi connectivity index (χ2n) is 23.1. The molecule has 1 unspecified atom stereocenters. The van der Waals surface area contributed by atoms with E-state index in [1.54, 1.807) is 13.8 Å². The first kappa shape index (κ1) is 44.7. The van der Waals surface area contributed by atoms with Crippen LogP contribution in [0.1, 0.15) is 124 Å². The van der Waals surface area contributed by atoms with Crippen LogP contribution in [-0.4, -0.2) is 108 Å². The van der Waals surface area contributed by atoms with Crippen molar-refractivity contribution < 1.29 is 45.3 Å². The number of allylic oxidation sites excluding steroid dienone is 5. The lowest BCUT2D eigenvalue weighted by molar-refractivity contribution is -0.258. The zero-order valence-electron chi connectivity index (χ0n) is 38.0. The first-order valence-corrected chi connectivity index (χ1v) is 25.1. The van der Waals surface area contributed by atoms with Crippen LogP contribution in [-0.2, 0) is 9.53 Å². The van der Waals surface area contributed by atoms with Crippen molar-refractivity contribution in [2.24, 2.45) is 75.7 Å². The topological polar surface area (TPSA) is 218 Å². The largest absolute Gasteiger partial charge is 0.393 e. The summed E-state index contributed by atoms with van der Waals surface area (Å²) in [6.45, 7) is 7.79. The number of carbonyl (C=O) groups is 1. The van der Waals surface area contributed by atoms with Crippen molar-refractivity contribution in [2.45, 2.75) is 184 Å². The number of dihydropyridines is 1. The zero-order chi connectivity index (χ0) is 44.6. The second kappa shape index (κ2) is 15.7. The molecule has 0 aromatic heterocycles. The average molecular weight is 876 g/mol. The molecule has 1 spiro atoms. The molecule has 0 amide bonds. The first-order chi connectivity index (χ1) is 29.9. The highest BCUT2D eigenvalue weighted by atomic mass is 16.5. The number of nitrogens with one attached hydrogen (secondary N) is 2. The molecule has 0 radical (unpaired) electrons. The Bertz CT molecular complexity index is 1930. The molecule has 8 aliphatic carbocycles. The van der Waals surface area contributed by atoms with Crippen LogP contribution in [0.3, 0.4) is 0 Å². The van der Waals surface area contributed by atoms with Gasteiger partial charge in [0.2, 0.25) is 0 Å². The molecule has 10 aliphatic rings. The quantitative estimate of drug-likeness (QED) is 0.157. The number of hydrogen-bond donors (Lipinski definition) is 10. The third kappa shape index (κ3) is 6.27. The predicted octanol–water partition coefficient (Wildman–Crippen LogP) is 3.86. The van der Waals surface area contributed by atoms with Crippen molar-refractivity contribution >= 4 is 5.78 Å². The van der Waals surface area contributed by atoms with E-state index < -0.39 is 75.9 Å². The van der Waals surface area contributed by atoms with Gasteiger partial charge in [-0.2, -0.15) is 0 Å². The lowest BCUT2D eigenvalue weighted by Crippen LogP contribution is -2.72. The molecule has 11 N–H and O–H groups in total. The molecule has 350 valence electrons. The molecule has 2 aliphatic heterocycles. The molecular weight excluding hydrogens is 799 g/mol. The summed E-state index contributed by atoms with van der Waals surface area (Å²) < 4.78 is 7.02. The minimum Gasteiger partial charge on any atom is -0.393 e. The number of aliphatic hydroxyl groups excluding tert-OH is 4. The highest BCUT2D eigenvalue weighted by Gasteiger charge is 2.78. The number of rotatable bonds is 8. The van der Waals surface area contributed by atoms with E-state index >= 15 is 4.79 Å². The molecule has 12 heteroatoms. The van der Waals surface area contributed by atoms with E-state index in [0.717, 1.165) is 44.1 Å². The third-order valence-corrected chi connectivity index (χ3v) is 20.2. The maximum absolute atomic E-state index is 15.7. The summed E-state index contributed by atoms with van der Waals surface area (Å²) in [6, 6.07) is 0. The van der Waals surface area contributed by atoms with Gasteiger partial charge in [0.1, 0.15) is 5.60 Å². The van der Waals surface area contributed by atoms with Gasteiger partial charge in [-0.1, -0.05) is 51.3 Å². The molecule has 1 saturated heterocycles. The van der Waals surface area contributed by atoms with Gasteiger partial charge in [0.25, 0.3) is 0 Å². The number of fused-ring (bicyclic) bond motifs is 5. The Labute approximate surface area is 373 Å². The number of aliphatic hydroxyl groups is 7. The Morgan fingerprint density at radius 1 is 0.968 bits per heavy atom. The summed E-state index contributed by atoms with van der Waals surface area (Å²) >= 11 is 0. The highest BCUT2D eigenvalue weighted by Crippen LogP contribution is 2.76. The summed E-state index contributed by atoms with van der Waals surface area (Å²) in [7, 11) is 0. The molecule has 2 heterocycles. The van der Waals surface area contributed by atoms with Crippen LogP contribution in [0, 0.1) is 70.0 Å². The van der Waals surface area contributed by atoms with E-state index in [2.05, 4.69) is 42.7 Å². The van der Waals surface area contributed by atoms with Crippen LogP contribution in [0.15, 0.2) is 47.3 Å². The summed E-state index contributed by atoms with van der Waals surface area (Å²) in [6.07, 6.45) is 15.9. The van der Waals surface area contributed by atoms with E-state index in [0.29, 0.717) is 49.3 Å². The van der Waals surface area contributed by atoms with Crippen LogP contribution in [0.4, 0.5) is 0 Å². The standard InChI is InChI=1S/C51H77N3O9/c1-5-7-27-9-13-31-36(17-10-27)63-46-39(31)34(56)8-6-20-51(46,62)48(4,60)37-19-21-50(61)42-40-28(22-47(37,50)3)11-14-30(29-12-18-38(52)53-25-29)33-16-15-32-41(45(59)43(42)54-24-26(2)55)49(33,40)23-35(57)44(32)58/h11-12,14,18,25-28,30-41,44,46,53-58,60-62H,5-10,13,15-17,19-24,52H2,1-4H3/t26-,27+,28+,30-,31+,32+,33+,34-,35-,36+,37-,38?,39+,40-,41-,44+,46+,47+,48+,49-,50+,51+/m0/s1. The number of ketones is 1. The minimum atomic E-state index is -1.77. The van der Waals surface area contributed by atoms with Crippen LogP contribution < -0.4 is 16.4 Å². The fourth-order valence-electron chi connectivity index (χ4n) is 17.6. The van der Waals surface area contributed by atoms with Crippen molar-refractivity contribution in [1.82, 2.24) is 10.6 Å². The van der Waals surface area contributed by atoms with E-state index in [4.69, 9.17) is 10.5 Å². The van der Waals surface area contributed by atoms with Gasteiger partial charge in [-0.3, -0.25) is 4.79 Å². The molecule has 12 nitrogen and oxygen atoms in total. The maximum atomic E-state index is 15.7. The number of ether oxygens (including phenoxy) is 1. The third-order valence-electron chi connectivity index (χ3n) is 20.2. The molecular formula is C51H77N3O9. The molecule has 22 atom stereocenters. The molecule has 0 aromatic carbocycles. The van der Waals surface area contributed by atoms with Gasteiger partial charge in [0.15, 0.2) is 5.78 Å². The number of nitrogens with two attached hydrogens (primary N) is 1. The van der Waals surface area contributed by atoms with Crippen molar-refractivity contribution in [3.05, 3.63) is 47.3 Å². The molecule has 6 saturated carbocycles. The Hall–Kier alpha value is -2.13. The van der Waals surface area contributed by atoms with E-state index in [-0.39, 0.29) is 79.4 Å². The lowest BCUT2D eigenvalue weighted by atomic mass is 9.36. The molecule has 0 aromatic rings. The smallest absolute Gasteiger partial charge is 0.182 e. The van der Waals surface area contributed by atoms with Crippen molar-refractivity contribution in [2.75, 3.05) is 6.54 Å². The van der Waals surface area contributed by atoms with E-state index in [1.165, 1.54) is 6.42 Å². The SMILES string of the molecule is CCC[C@@H]1CC[C@H]2[C@H]3[C@@H](O[C@@H]2CC1)[C@@](O)([C@](C)(O)[C@H]1CC[C@@]2(O)C4=C(NC[C@H](C)O)C(=O)[C@@H]5[C@H]6CC[C@@H]7[C@H](C8=CNC(N)C=C8)C=C[C@H](C[C@]12C)[C@@H]4[C@]75C[C@H](O)[C@@H]6O)CCC[C@@H]3O. The first-order valence-electron chi connectivity index (χ1n) is 25.1.